The van der Waals surface area contributed by atoms with Gasteiger partial charge in [-0.1, -0.05) is 0 Å². The molecule has 0 spiro atoms. The van der Waals surface area contributed by atoms with Crippen molar-refractivity contribution in [2.75, 3.05) is 19.8 Å². The van der Waals surface area contributed by atoms with Gasteiger partial charge in [0, 0.05) is 0 Å². The van der Waals surface area contributed by atoms with Crippen molar-refractivity contribution in [3.63, 3.8) is 0 Å². The summed E-state index contributed by atoms with van der Waals surface area (Å²) in [6, 6.07) is 0. The Kier molecular flexibility index (Phi) is 5.96. The minimum absolute atomic E-state index is 0.513. The summed E-state index contributed by atoms with van der Waals surface area (Å²) >= 11 is 0. The molecule has 0 aromatic heterocycles. The zero-order valence-electron chi connectivity index (χ0n) is 7.79. The van der Waals surface area contributed by atoms with Crippen molar-refractivity contribution in [3.8, 4) is 0 Å². The Morgan fingerprint density at radius 2 is 2.07 bits per heavy atom. The molecule has 0 aliphatic carbocycles. The van der Waals surface area contributed by atoms with Crippen LogP contribution in [0, 0.1) is 0 Å². The molecule has 3 atom stereocenters. The van der Waals surface area contributed by atoms with Crippen molar-refractivity contribution in [2.24, 2.45) is 5.73 Å². The Hall–Kier alpha value is -0.500. The summed E-state index contributed by atoms with van der Waals surface area (Å²) in [5.41, 5.74) is 5.13. The Morgan fingerprint density at radius 3 is 2.40 bits per heavy atom. The van der Waals surface area contributed by atoms with Crippen molar-refractivity contribution in [1.29, 1.82) is 0 Å². The van der Waals surface area contributed by atoms with Gasteiger partial charge in [-0.05, 0) is 0 Å². The molecule has 90 valence electrons. The van der Waals surface area contributed by atoms with Crippen molar-refractivity contribution < 1.29 is 34.3 Å². The second-order valence-electron chi connectivity index (χ2n) is 2.87. The molecule has 0 aliphatic heterocycles. The fourth-order valence-electron chi connectivity index (χ4n) is 0.573. The molecule has 0 aromatic carbocycles. The summed E-state index contributed by atoms with van der Waals surface area (Å²) in [6.07, 6.45) is -1.27. The molecule has 0 amide bonds. The van der Waals surface area contributed by atoms with E-state index >= 15 is 0 Å². The van der Waals surface area contributed by atoms with Crippen LogP contribution in [0.5, 0.6) is 0 Å². The monoisotopic (exact) mass is 243 g/mol. The highest BCUT2D eigenvalue weighted by Crippen LogP contribution is 2.36. The maximum Gasteiger partial charge on any atom is 0.335 e. The molecule has 2 unspecified atom stereocenters. The third kappa shape index (κ3) is 3.86. The number of hydrogen-bond acceptors (Lipinski definition) is 7. The minimum atomic E-state index is -3.27. The molecule has 0 bridgehead atoms. The van der Waals surface area contributed by atoms with Gasteiger partial charge < -0.3 is 30.7 Å². The summed E-state index contributed by atoms with van der Waals surface area (Å²) in [7, 11) is -3.27. The van der Waals surface area contributed by atoms with E-state index in [0.717, 1.165) is 0 Å². The van der Waals surface area contributed by atoms with E-state index in [-0.39, 0.29) is 0 Å². The maximum absolute atomic E-state index is 11.3. The number of aliphatic hydroxyl groups is 3. The minimum Gasteiger partial charge on any atom is -0.479 e. The number of nitrogens with two attached hydrogens (primary N) is 1. The van der Waals surface area contributed by atoms with Crippen LogP contribution in [0.2, 0.25) is 0 Å². The highest BCUT2D eigenvalue weighted by Gasteiger charge is 2.41. The van der Waals surface area contributed by atoms with Gasteiger partial charge in [0.1, 0.15) is 6.10 Å². The fraction of sp³-hybridized carbons (Fsp3) is 0.833. The molecule has 0 heterocycles. The van der Waals surface area contributed by atoms with Crippen LogP contribution in [-0.4, -0.2) is 57.6 Å². The molecular weight excluding hydrogens is 229 g/mol. The smallest absolute Gasteiger partial charge is 0.335 e. The van der Waals surface area contributed by atoms with Gasteiger partial charge in [-0.3, -0.25) is 4.57 Å². The summed E-state index contributed by atoms with van der Waals surface area (Å²) in [6.45, 7) is -2.17. The maximum atomic E-state index is 11.3. The Labute approximate surface area is 86.1 Å². The van der Waals surface area contributed by atoms with Crippen LogP contribution < -0.4 is 5.73 Å². The Morgan fingerprint density at radius 1 is 1.53 bits per heavy atom. The van der Waals surface area contributed by atoms with E-state index in [4.69, 9.17) is 26.2 Å². The third-order valence-electron chi connectivity index (χ3n) is 1.61. The van der Waals surface area contributed by atoms with Gasteiger partial charge in [-0.25, -0.2) is 4.79 Å². The van der Waals surface area contributed by atoms with Gasteiger partial charge in [0.2, 0.25) is 13.3 Å². The lowest BCUT2D eigenvalue weighted by molar-refractivity contribution is -0.141. The summed E-state index contributed by atoms with van der Waals surface area (Å²) in [5, 5.41) is 32.1. The van der Waals surface area contributed by atoms with Crippen molar-refractivity contribution in [1.82, 2.24) is 0 Å². The second kappa shape index (κ2) is 6.16. The van der Waals surface area contributed by atoms with Crippen LogP contribution in [0.3, 0.4) is 0 Å². The van der Waals surface area contributed by atoms with E-state index in [9.17, 15) is 9.36 Å². The van der Waals surface area contributed by atoms with Gasteiger partial charge in [0.25, 0.3) is 0 Å². The van der Waals surface area contributed by atoms with Crippen LogP contribution >= 0.6 is 8.03 Å². The average molecular weight is 243 g/mol. The molecular formula is C6H14NO7P. The summed E-state index contributed by atoms with van der Waals surface area (Å²) < 4.78 is 15.7. The topological polar surface area (TPSA) is 150 Å². The Balaban J connectivity index is 4.36. The first kappa shape index (κ1) is 14.5. The molecule has 0 fully saturated rings. The number of aliphatic carboxylic acids is 1. The molecule has 8 nitrogen and oxygen atoms in total. The molecule has 0 rings (SSSR count). The van der Waals surface area contributed by atoms with Crippen LogP contribution in [0.15, 0.2) is 0 Å². The highest BCUT2D eigenvalue weighted by atomic mass is 31.1. The number of carbonyl (C=O) groups is 1. The van der Waals surface area contributed by atoms with E-state index in [1.165, 1.54) is 0 Å². The van der Waals surface area contributed by atoms with Gasteiger partial charge in [-0.2, -0.15) is 0 Å². The second-order valence-corrected chi connectivity index (χ2v) is 4.63. The first-order chi connectivity index (χ1) is 6.88. The van der Waals surface area contributed by atoms with Crippen LogP contribution in [0.4, 0.5) is 0 Å². The zero-order chi connectivity index (χ0) is 12.1. The van der Waals surface area contributed by atoms with Crippen LogP contribution in [-0.2, 0) is 13.9 Å². The highest BCUT2D eigenvalue weighted by molar-refractivity contribution is 7.42. The molecule has 0 saturated carbocycles. The lowest BCUT2D eigenvalue weighted by Gasteiger charge is -2.21. The predicted octanol–water partition coefficient (Wildman–Crippen LogP) is -2.44. The summed E-state index contributed by atoms with van der Waals surface area (Å²) in [5.74, 6) is -1.66. The van der Waals surface area contributed by atoms with E-state index in [1.807, 2.05) is 0 Å². The molecule has 9 heteroatoms. The van der Waals surface area contributed by atoms with Gasteiger partial charge in [0.15, 0.2) is 0 Å². The van der Waals surface area contributed by atoms with Crippen LogP contribution in [0.1, 0.15) is 0 Å². The number of carboxylic acids is 1. The molecule has 6 N–H and O–H groups in total. The third-order valence-corrected chi connectivity index (χ3v) is 3.14. The molecule has 0 aliphatic rings. The van der Waals surface area contributed by atoms with E-state index in [1.54, 1.807) is 0 Å². The van der Waals surface area contributed by atoms with Gasteiger partial charge in [-0.15, -0.1) is 0 Å². The SMILES string of the molecule is N[C@@](CO)(C(=O)O)[PH](=O)OCC(O)CO. The predicted molar refractivity (Wildman–Crippen MR) is 49.7 cm³/mol. The first-order valence-electron chi connectivity index (χ1n) is 3.97. The van der Waals surface area contributed by atoms with E-state index < -0.39 is 45.2 Å². The largest absolute Gasteiger partial charge is 0.479 e. The standard InChI is InChI=1S/C6H14NO7P/c7-6(3-9,5(11)12)15(13)14-2-4(10)1-8/h4,8-10,15H,1-3,7H2,(H,11,12)/t4?,6-/m1/s1. The normalized spacial score (nSPS) is 19.2. The Bertz CT molecular complexity index is 248. The van der Waals surface area contributed by atoms with E-state index in [2.05, 4.69) is 4.52 Å². The lowest BCUT2D eigenvalue weighted by Crippen LogP contribution is -2.48. The molecule has 0 saturated heterocycles. The molecule has 0 radical (unpaired) electrons. The average Bonchev–Trinajstić information content (AvgIpc) is 2.23. The van der Waals surface area contributed by atoms with Gasteiger partial charge in [0.05, 0.1) is 19.8 Å². The van der Waals surface area contributed by atoms with Gasteiger partial charge >= 0.3 is 5.97 Å². The zero-order valence-corrected chi connectivity index (χ0v) is 8.79. The van der Waals surface area contributed by atoms with E-state index in [0.29, 0.717) is 0 Å². The quantitative estimate of drug-likeness (QED) is 0.309. The van der Waals surface area contributed by atoms with Crippen LogP contribution in [0.25, 0.3) is 0 Å². The molecule has 15 heavy (non-hydrogen) atoms. The number of rotatable bonds is 7. The number of hydrogen-bond donors (Lipinski definition) is 5. The summed E-state index contributed by atoms with van der Waals surface area (Å²) in [4.78, 5) is 10.6. The van der Waals surface area contributed by atoms with Crippen molar-refractivity contribution in [2.45, 2.75) is 11.4 Å². The number of aliphatic hydroxyl groups excluding tert-OH is 3. The first-order valence-corrected chi connectivity index (χ1v) is 5.29. The molecule has 0 aromatic rings. The van der Waals surface area contributed by atoms with Crippen molar-refractivity contribution in [3.05, 3.63) is 0 Å². The lowest BCUT2D eigenvalue weighted by atomic mass is 10.3. The van der Waals surface area contributed by atoms with Crippen molar-refractivity contribution >= 4 is 14.0 Å². The fourth-order valence-corrected chi connectivity index (χ4v) is 1.48. The number of carboxylic acid groups (broad SMARTS) is 1.